The minimum atomic E-state index is 0.696. The Morgan fingerprint density at radius 1 is 1.50 bits per heavy atom. The van der Waals surface area contributed by atoms with Crippen LogP contribution in [0.5, 0.6) is 0 Å². The number of hydrogen-bond acceptors (Lipinski definition) is 5. The maximum Gasteiger partial charge on any atom is 0.149 e. The monoisotopic (exact) mass is 206 g/mol. The van der Waals surface area contributed by atoms with E-state index in [0.717, 1.165) is 17.1 Å². The molecule has 0 saturated heterocycles. The van der Waals surface area contributed by atoms with E-state index in [1.54, 1.807) is 17.5 Å². The van der Waals surface area contributed by atoms with Crippen molar-refractivity contribution >= 4 is 17.2 Å². The standard InChI is InChI=1S/C9H10N4S/c1-7-2-9(13-12-3-7)10-4-8-5-14-6-11-8/h2-3,5-6H,4H2,1H3,(H,10,13). The molecule has 72 valence electrons. The molecule has 14 heavy (non-hydrogen) atoms. The highest BCUT2D eigenvalue weighted by Crippen LogP contribution is 2.06. The average Bonchev–Trinajstić information content (AvgIpc) is 2.67. The van der Waals surface area contributed by atoms with Crippen LogP contribution in [0.3, 0.4) is 0 Å². The molecule has 2 aromatic heterocycles. The van der Waals surface area contributed by atoms with E-state index < -0.39 is 0 Å². The van der Waals surface area contributed by atoms with Crippen molar-refractivity contribution in [3.8, 4) is 0 Å². The van der Waals surface area contributed by atoms with Crippen molar-refractivity contribution in [1.82, 2.24) is 15.2 Å². The predicted molar refractivity (Wildman–Crippen MR) is 56.2 cm³/mol. The van der Waals surface area contributed by atoms with Gasteiger partial charge in [0, 0.05) is 5.38 Å². The fourth-order valence-electron chi connectivity index (χ4n) is 1.06. The molecule has 2 rings (SSSR count). The van der Waals surface area contributed by atoms with Crippen LogP contribution in [0.1, 0.15) is 11.3 Å². The van der Waals surface area contributed by atoms with Crippen molar-refractivity contribution in [2.75, 3.05) is 5.32 Å². The Hall–Kier alpha value is -1.49. The molecule has 5 heteroatoms. The number of thiazole rings is 1. The molecule has 0 radical (unpaired) electrons. The summed E-state index contributed by atoms with van der Waals surface area (Å²) in [6, 6.07) is 1.96. The first-order chi connectivity index (χ1) is 6.84. The first-order valence-electron chi connectivity index (χ1n) is 4.25. The molecule has 0 spiro atoms. The molecule has 0 aliphatic rings. The summed E-state index contributed by atoms with van der Waals surface area (Å²) in [5, 5.41) is 13.0. The molecule has 0 fully saturated rings. The summed E-state index contributed by atoms with van der Waals surface area (Å²) in [5.41, 5.74) is 3.94. The van der Waals surface area contributed by atoms with Gasteiger partial charge in [-0.15, -0.1) is 16.4 Å². The van der Waals surface area contributed by atoms with Crippen molar-refractivity contribution in [2.45, 2.75) is 13.5 Å². The lowest BCUT2D eigenvalue weighted by Gasteiger charge is -2.02. The van der Waals surface area contributed by atoms with Crippen LogP contribution < -0.4 is 5.32 Å². The fourth-order valence-corrected chi connectivity index (χ4v) is 1.61. The number of rotatable bonds is 3. The largest absolute Gasteiger partial charge is 0.363 e. The lowest BCUT2D eigenvalue weighted by Crippen LogP contribution is -2.02. The Morgan fingerprint density at radius 3 is 3.14 bits per heavy atom. The summed E-state index contributed by atoms with van der Waals surface area (Å²) in [6.07, 6.45) is 1.73. The second-order valence-corrected chi connectivity index (χ2v) is 3.67. The highest BCUT2D eigenvalue weighted by atomic mass is 32.1. The van der Waals surface area contributed by atoms with Gasteiger partial charge in [0.1, 0.15) is 5.82 Å². The number of nitrogens with zero attached hydrogens (tertiary/aromatic N) is 3. The van der Waals surface area contributed by atoms with Gasteiger partial charge in [-0.25, -0.2) is 4.98 Å². The molecule has 0 aromatic carbocycles. The highest BCUT2D eigenvalue weighted by Gasteiger charge is 1.97. The zero-order valence-corrected chi connectivity index (χ0v) is 8.58. The van der Waals surface area contributed by atoms with Gasteiger partial charge >= 0.3 is 0 Å². The molecular formula is C9H10N4S. The smallest absolute Gasteiger partial charge is 0.149 e. The third-order valence-electron chi connectivity index (χ3n) is 1.73. The van der Waals surface area contributed by atoms with Crippen LogP contribution in [0, 0.1) is 6.92 Å². The predicted octanol–water partition coefficient (Wildman–Crippen LogP) is 1.85. The van der Waals surface area contributed by atoms with E-state index in [2.05, 4.69) is 20.5 Å². The van der Waals surface area contributed by atoms with Crippen LogP contribution in [0.15, 0.2) is 23.2 Å². The fraction of sp³-hybridized carbons (Fsp3) is 0.222. The molecule has 0 unspecified atom stereocenters. The Labute approximate surface area is 86.0 Å². The maximum absolute atomic E-state index is 4.16. The third-order valence-corrected chi connectivity index (χ3v) is 2.36. The van der Waals surface area contributed by atoms with Gasteiger partial charge in [0.25, 0.3) is 0 Å². The van der Waals surface area contributed by atoms with Crippen LogP contribution in [0.4, 0.5) is 5.82 Å². The van der Waals surface area contributed by atoms with E-state index in [1.165, 1.54) is 0 Å². The second-order valence-electron chi connectivity index (χ2n) is 2.95. The van der Waals surface area contributed by atoms with Crippen molar-refractivity contribution in [2.24, 2.45) is 0 Å². The summed E-state index contributed by atoms with van der Waals surface area (Å²) < 4.78 is 0. The van der Waals surface area contributed by atoms with Gasteiger partial charge in [-0.05, 0) is 18.6 Å². The Morgan fingerprint density at radius 2 is 2.43 bits per heavy atom. The number of nitrogens with one attached hydrogen (secondary N) is 1. The van der Waals surface area contributed by atoms with Gasteiger partial charge in [0.2, 0.25) is 0 Å². The van der Waals surface area contributed by atoms with E-state index in [1.807, 2.05) is 23.9 Å². The minimum Gasteiger partial charge on any atom is -0.363 e. The lowest BCUT2D eigenvalue weighted by molar-refractivity contribution is 0.976. The molecule has 0 bridgehead atoms. The zero-order chi connectivity index (χ0) is 9.80. The molecule has 4 nitrogen and oxygen atoms in total. The number of aromatic nitrogens is 3. The van der Waals surface area contributed by atoms with E-state index in [9.17, 15) is 0 Å². The summed E-state index contributed by atoms with van der Waals surface area (Å²) in [6.45, 7) is 2.68. The van der Waals surface area contributed by atoms with Gasteiger partial charge in [-0.3, -0.25) is 0 Å². The maximum atomic E-state index is 4.16. The SMILES string of the molecule is Cc1cnnc(NCc2cscn2)c1. The molecule has 0 aliphatic heterocycles. The highest BCUT2D eigenvalue weighted by molar-refractivity contribution is 7.07. The van der Waals surface area contributed by atoms with E-state index in [0.29, 0.717) is 6.54 Å². The summed E-state index contributed by atoms with van der Waals surface area (Å²) in [5.74, 6) is 0.790. The van der Waals surface area contributed by atoms with E-state index in [-0.39, 0.29) is 0 Å². The molecule has 0 saturated carbocycles. The van der Waals surface area contributed by atoms with Crippen LogP contribution in [0.25, 0.3) is 0 Å². The number of anilines is 1. The van der Waals surface area contributed by atoms with Crippen LogP contribution in [-0.4, -0.2) is 15.2 Å². The molecule has 2 heterocycles. The summed E-state index contributed by atoms with van der Waals surface area (Å²) in [7, 11) is 0. The van der Waals surface area contributed by atoms with Gasteiger partial charge in [-0.1, -0.05) is 0 Å². The quantitative estimate of drug-likeness (QED) is 0.832. The summed E-state index contributed by atoms with van der Waals surface area (Å²) >= 11 is 1.59. The van der Waals surface area contributed by atoms with Crippen molar-refractivity contribution in [3.05, 3.63) is 34.4 Å². The number of hydrogen-bond donors (Lipinski definition) is 1. The Bertz CT molecular complexity index is 399. The zero-order valence-electron chi connectivity index (χ0n) is 7.77. The van der Waals surface area contributed by atoms with Crippen LogP contribution >= 0.6 is 11.3 Å². The van der Waals surface area contributed by atoms with Crippen molar-refractivity contribution < 1.29 is 0 Å². The lowest BCUT2D eigenvalue weighted by atomic mass is 10.3. The van der Waals surface area contributed by atoms with E-state index in [4.69, 9.17) is 0 Å². The molecule has 0 atom stereocenters. The molecular weight excluding hydrogens is 196 g/mol. The Balaban J connectivity index is 1.98. The third kappa shape index (κ3) is 2.26. The van der Waals surface area contributed by atoms with Gasteiger partial charge in [0.05, 0.1) is 23.9 Å². The first-order valence-corrected chi connectivity index (χ1v) is 5.19. The molecule has 1 N–H and O–H groups in total. The number of aryl methyl sites for hydroxylation is 1. The van der Waals surface area contributed by atoms with Crippen LogP contribution in [0.2, 0.25) is 0 Å². The molecule has 0 aliphatic carbocycles. The molecule has 2 aromatic rings. The van der Waals surface area contributed by atoms with Crippen molar-refractivity contribution in [3.63, 3.8) is 0 Å². The second kappa shape index (κ2) is 4.15. The van der Waals surface area contributed by atoms with Gasteiger partial charge < -0.3 is 5.32 Å². The minimum absolute atomic E-state index is 0.696. The van der Waals surface area contributed by atoms with Gasteiger partial charge in [0.15, 0.2) is 0 Å². The normalized spacial score (nSPS) is 10.1. The summed E-state index contributed by atoms with van der Waals surface area (Å²) in [4.78, 5) is 4.16. The Kier molecular flexibility index (Phi) is 2.69. The first kappa shape index (κ1) is 9.08. The average molecular weight is 206 g/mol. The van der Waals surface area contributed by atoms with Crippen LogP contribution in [-0.2, 0) is 6.54 Å². The van der Waals surface area contributed by atoms with Crippen molar-refractivity contribution in [1.29, 1.82) is 0 Å². The molecule has 0 amide bonds. The topological polar surface area (TPSA) is 50.7 Å². The van der Waals surface area contributed by atoms with Gasteiger partial charge in [-0.2, -0.15) is 5.10 Å². The van der Waals surface area contributed by atoms with E-state index >= 15 is 0 Å².